The Hall–Kier alpha value is -1.75. The number of halogens is 1. The van der Waals surface area contributed by atoms with Crippen LogP contribution in [0.15, 0.2) is 34.5 Å². The number of sulfonamides is 1. The molecular weight excluding hydrogens is 308 g/mol. The van der Waals surface area contributed by atoms with E-state index in [9.17, 15) is 13.5 Å². The van der Waals surface area contributed by atoms with E-state index in [4.69, 9.17) is 16.9 Å². The first-order chi connectivity index (χ1) is 8.92. The van der Waals surface area contributed by atoms with E-state index < -0.39 is 10.0 Å². The van der Waals surface area contributed by atoms with Gasteiger partial charge in [0.15, 0.2) is 0 Å². The molecule has 2 rings (SSSR count). The molecular formula is C11H7ClN2O3S2. The zero-order valence-electron chi connectivity index (χ0n) is 9.29. The Morgan fingerprint density at radius 1 is 1.32 bits per heavy atom. The Kier molecular flexibility index (Phi) is 3.66. The normalized spacial score (nSPS) is 10.9. The van der Waals surface area contributed by atoms with Crippen molar-refractivity contribution in [2.24, 2.45) is 0 Å². The van der Waals surface area contributed by atoms with Crippen molar-refractivity contribution in [3.8, 4) is 11.8 Å². The predicted molar refractivity (Wildman–Crippen MR) is 73.0 cm³/mol. The topological polar surface area (TPSA) is 90.2 Å². The van der Waals surface area contributed by atoms with Gasteiger partial charge in [0, 0.05) is 6.07 Å². The molecule has 2 aromatic rings. The molecule has 0 aliphatic heterocycles. The average molecular weight is 315 g/mol. The van der Waals surface area contributed by atoms with Crippen molar-refractivity contribution in [1.29, 1.82) is 5.26 Å². The molecule has 0 bridgehead atoms. The summed E-state index contributed by atoms with van der Waals surface area (Å²) >= 11 is 6.68. The van der Waals surface area contributed by atoms with E-state index in [1.807, 2.05) is 6.07 Å². The zero-order valence-corrected chi connectivity index (χ0v) is 11.7. The highest BCUT2D eigenvalue weighted by Crippen LogP contribution is 2.29. The summed E-state index contributed by atoms with van der Waals surface area (Å²) < 4.78 is 26.4. The third-order valence-electron chi connectivity index (χ3n) is 2.15. The number of nitrogens with one attached hydrogen (secondary N) is 1. The smallest absolute Gasteiger partial charge is 0.271 e. The van der Waals surface area contributed by atoms with Crippen LogP contribution in [0.5, 0.6) is 5.75 Å². The van der Waals surface area contributed by atoms with Crippen LogP contribution in [0.25, 0.3) is 0 Å². The number of phenolic OH excluding ortho intramolecular Hbond substituents is 1. The number of rotatable bonds is 3. The minimum Gasteiger partial charge on any atom is -0.508 e. The number of anilines is 1. The third kappa shape index (κ3) is 2.98. The van der Waals surface area contributed by atoms with E-state index >= 15 is 0 Å². The Morgan fingerprint density at radius 2 is 2.05 bits per heavy atom. The maximum absolute atomic E-state index is 12.0. The summed E-state index contributed by atoms with van der Waals surface area (Å²) in [7, 11) is -3.79. The number of nitriles is 1. The van der Waals surface area contributed by atoms with Crippen LogP contribution in [-0.2, 0) is 10.0 Å². The number of benzene rings is 1. The number of hydrogen-bond acceptors (Lipinski definition) is 5. The fourth-order valence-electron chi connectivity index (χ4n) is 1.31. The molecule has 8 heteroatoms. The van der Waals surface area contributed by atoms with Crippen molar-refractivity contribution in [2.45, 2.75) is 4.21 Å². The molecule has 0 radical (unpaired) electrons. The number of nitrogens with zero attached hydrogens (tertiary/aromatic N) is 1. The van der Waals surface area contributed by atoms with Gasteiger partial charge in [-0.3, -0.25) is 4.72 Å². The van der Waals surface area contributed by atoms with Gasteiger partial charge in [-0.2, -0.15) is 5.26 Å². The Balaban J connectivity index is 2.34. The predicted octanol–water partition coefficient (Wildman–Crippen LogP) is 2.78. The van der Waals surface area contributed by atoms with Crippen molar-refractivity contribution in [1.82, 2.24) is 0 Å². The maximum atomic E-state index is 12.0. The Bertz CT molecular complexity index is 762. The molecule has 1 heterocycles. The zero-order chi connectivity index (χ0) is 14.0. The number of phenols is 1. The molecule has 98 valence electrons. The molecule has 0 fully saturated rings. The van der Waals surface area contributed by atoms with Gasteiger partial charge in [-0.15, -0.1) is 11.3 Å². The van der Waals surface area contributed by atoms with Crippen LogP contribution in [0.2, 0.25) is 5.02 Å². The van der Waals surface area contributed by atoms with Gasteiger partial charge in [0.2, 0.25) is 0 Å². The van der Waals surface area contributed by atoms with Crippen LogP contribution in [0.3, 0.4) is 0 Å². The first-order valence-corrected chi connectivity index (χ1v) is 7.61. The van der Waals surface area contributed by atoms with Gasteiger partial charge in [0.05, 0.1) is 10.7 Å². The fraction of sp³-hybridized carbons (Fsp3) is 0. The lowest BCUT2D eigenvalue weighted by Crippen LogP contribution is -2.11. The molecule has 0 amide bonds. The first kappa shape index (κ1) is 13.7. The molecule has 0 unspecified atom stereocenters. The second-order valence-corrected chi connectivity index (χ2v) is 6.90. The summed E-state index contributed by atoms with van der Waals surface area (Å²) in [5, 5.41) is 18.0. The summed E-state index contributed by atoms with van der Waals surface area (Å²) in [6, 6.07) is 8.55. The largest absolute Gasteiger partial charge is 0.508 e. The SMILES string of the molecule is N#Cc1ccc(S(=O)(=O)Nc2ccc(O)cc2Cl)s1. The van der Waals surface area contributed by atoms with Gasteiger partial charge in [-0.1, -0.05) is 11.6 Å². The summed E-state index contributed by atoms with van der Waals surface area (Å²) in [6.45, 7) is 0. The van der Waals surface area contributed by atoms with Crippen molar-refractivity contribution >= 4 is 38.6 Å². The molecule has 5 nitrogen and oxygen atoms in total. The average Bonchev–Trinajstić information content (AvgIpc) is 2.82. The molecule has 0 spiro atoms. The van der Waals surface area contributed by atoms with E-state index in [1.165, 1.54) is 30.3 Å². The Morgan fingerprint density at radius 3 is 2.63 bits per heavy atom. The monoisotopic (exact) mass is 314 g/mol. The maximum Gasteiger partial charge on any atom is 0.271 e. The van der Waals surface area contributed by atoms with Gasteiger partial charge < -0.3 is 5.11 Å². The lowest BCUT2D eigenvalue weighted by Gasteiger charge is -2.08. The number of hydrogen-bond donors (Lipinski definition) is 2. The summed E-state index contributed by atoms with van der Waals surface area (Å²) in [6.07, 6.45) is 0. The number of thiophene rings is 1. The van der Waals surface area contributed by atoms with Crippen LogP contribution >= 0.6 is 22.9 Å². The van der Waals surface area contributed by atoms with Crippen LogP contribution in [-0.4, -0.2) is 13.5 Å². The molecule has 1 aromatic heterocycles. The van der Waals surface area contributed by atoms with E-state index in [2.05, 4.69) is 4.72 Å². The quantitative estimate of drug-likeness (QED) is 0.852. The fourth-order valence-corrected chi connectivity index (χ4v) is 3.77. The second-order valence-electron chi connectivity index (χ2n) is 3.50. The van der Waals surface area contributed by atoms with E-state index in [1.54, 1.807) is 0 Å². The van der Waals surface area contributed by atoms with Crippen molar-refractivity contribution < 1.29 is 13.5 Å². The van der Waals surface area contributed by atoms with Crippen molar-refractivity contribution in [3.63, 3.8) is 0 Å². The van der Waals surface area contributed by atoms with Gasteiger partial charge in [-0.05, 0) is 24.3 Å². The summed E-state index contributed by atoms with van der Waals surface area (Å²) in [5.41, 5.74) is 0.159. The lowest BCUT2D eigenvalue weighted by molar-refractivity contribution is 0.475. The standard InChI is InChI=1S/C11H7ClN2O3S2/c12-9-5-7(15)1-3-10(9)14-19(16,17)11-4-2-8(6-13)18-11/h1-5,14-15H. The van der Waals surface area contributed by atoms with Crippen LogP contribution in [0, 0.1) is 11.3 Å². The number of aromatic hydroxyl groups is 1. The first-order valence-electron chi connectivity index (χ1n) is 4.93. The molecule has 0 aliphatic rings. The highest BCUT2D eigenvalue weighted by Gasteiger charge is 2.18. The summed E-state index contributed by atoms with van der Waals surface area (Å²) in [4.78, 5) is 0.303. The molecule has 0 atom stereocenters. The van der Waals surface area contributed by atoms with Gasteiger partial charge in [0.1, 0.15) is 20.9 Å². The molecule has 0 aliphatic carbocycles. The van der Waals surface area contributed by atoms with Gasteiger partial charge >= 0.3 is 0 Å². The van der Waals surface area contributed by atoms with Gasteiger partial charge in [-0.25, -0.2) is 8.42 Å². The summed E-state index contributed by atoms with van der Waals surface area (Å²) in [5.74, 6) is -0.0594. The van der Waals surface area contributed by atoms with Crippen molar-refractivity contribution in [2.75, 3.05) is 4.72 Å². The highest BCUT2D eigenvalue weighted by molar-refractivity contribution is 7.94. The minimum atomic E-state index is -3.79. The molecule has 2 N–H and O–H groups in total. The van der Waals surface area contributed by atoms with Crippen LogP contribution in [0.4, 0.5) is 5.69 Å². The molecule has 0 saturated heterocycles. The van der Waals surface area contributed by atoms with E-state index in [0.717, 1.165) is 11.3 Å². The van der Waals surface area contributed by atoms with Crippen LogP contribution < -0.4 is 4.72 Å². The third-order valence-corrected chi connectivity index (χ3v) is 5.31. The molecule has 19 heavy (non-hydrogen) atoms. The Labute approximate surface area is 118 Å². The second kappa shape index (κ2) is 5.09. The van der Waals surface area contributed by atoms with Crippen molar-refractivity contribution in [3.05, 3.63) is 40.2 Å². The van der Waals surface area contributed by atoms with E-state index in [0.29, 0.717) is 4.88 Å². The van der Waals surface area contributed by atoms with Gasteiger partial charge in [0.25, 0.3) is 10.0 Å². The molecule has 1 aromatic carbocycles. The van der Waals surface area contributed by atoms with E-state index in [-0.39, 0.29) is 20.7 Å². The lowest BCUT2D eigenvalue weighted by atomic mass is 10.3. The van der Waals surface area contributed by atoms with Crippen LogP contribution in [0.1, 0.15) is 4.88 Å². The minimum absolute atomic E-state index is 0.0215. The highest BCUT2D eigenvalue weighted by atomic mass is 35.5. The molecule has 0 saturated carbocycles.